The molecular formula is C21H26N2O4. The number of esters is 1. The Morgan fingerprint density at radius 1 is 1.00 bits per heavy atom. The van der Waals surface area contributed by atoms with Crippen molar-refractivity contribution in [3.05, 3.63) is 59.7 Å². The lowest BCUT2D eigenvalue weighted by atomic mass is 10.1. The number of anilines is 2. The van der Waals surface area contributed by atoms with Gasteiger partial charge in [-0.3, -0.25) is 4.79 Å². The predicted molar refractivity (Wildman–Crippen MR) is 106 cm³/mol. The summed E-state index contributed by atoms with van der Waals surface area (Å²) in [5.41, 5.74) is 3.04. The molecule has 0 radical (unpaired) electrons. The Hall–Kier alpha value is -2.86. The van der Waals surface area contributed by atoms with Crippen LogP contribution in [0.3, 0.4) is 0 Å². The molecular weight excluding hydrogens is 344 g/mol. The topological polar surface area (TPSA) is 67.9 Å². The van der Waals surface area contributed by atoms with Crippen molar-refractivity contribution in [2.45, 2.75) is 26.6 Å². The summed E-state index contributed by atoms with van der Waals surface area (Å²) in [6.07, 6.45) is 0.146. The van der Waals surface area contributed by atoms with Gasteiger partial charge in [0.15, 0.2) is 6.61 Å². The molecule has 0 spiro atoms. The first-order valence-electron chi connectivity index (χ1n) is 8.80. The maximum Gasteiger partial charge on any atom is 0.338 e. The highest BCUT2D eigenvalue weighted by Gasteiger charge is 2.11. The summed E-state index contributed by atoms with van der Waals surface area (Å²) in [6, 6.07) is 14.3. The number of rotatable bonds is 8. The molecule has 6 nitrogen and oxygen atoms in total. The lowest BCUT2D eigenvalue weighted by molar-refractivity contribution is -0.119. The van der Waals surface area contributed by atoms with E-state index in [4.69, 9.17) is 9.47 Å². The zero-order chi connectivity index (χ0) is 19.8. The Labute approximate surface area is 160 Å². The minimum atomic E-state index is -0.538. The lowest BCUT2D eigenvalue weighted by Crippen LogP contribution is -2.21. The van der Waals surface area contributed by atoms with Gasteiger partial charge in [-0.25, -0.2) is 4.79 Å². The Morgan fingerprint density at radius 2 is 1.63 bits per heavy atom. The molecule has 0 atom stereocenters. The van der Waals surface area contributed by atoms with E-state index in [0.717, 1.165) is 11.3 Å². The molecule has 0 aromatic heterocycles. The first-order valence-corrected chi connectivity index (χ1v) is 8.80. The Kier molecular flexibility index (Phi) is 7.37. The van der Waals surface area contributed by atoms with Crippen molar-refractivity contribution in [1.29, 1.82) is 0 Å². The maximum atomic E-state index is 12.1. The van der Waals surface area contributed by atoms with Crippen molar-refractivity contribution in [2.24, 2.45) is 0 Å². The van der Waals surface area contributed by atoms with Crippen LogP contribution in [0.15, 0.2) is 48.5 Å². The summed E-state index contributed by atoms with van der Waals surface area (Å²) in [5.74, 6) is -0.924. The largest absolute Gasteiger partial charge is 0.452 e. The normalized spacial score (nSPS) is 10.6. The average molecular weight is 370 g/mol. The van der Waals surface area contributed by atoms with E-state index in [1.165, 1.54) is 0 Å². The van der Waals surface area contributed by atoms with E-state index in [-0.39, 0.29) is 18.6 Å². The van der Waals surface area contributed by atoms with E-state index in [2.05, 4.69) is 5.32 Å². The molecule has 0 aliphatic carbocycles. The van der Waals surface area contributed by atoms with E-state index >= 15 is 0 Å². The molecule has 0 aliphatic rings. The van der Waals surface area contributed by atoms with Crippen LogP contribution in [0.4, 0.5) is 11.4 Å². The molecule has 0 aliphatic heterocycles. The molecule has 6 heteroatoms. The highest BCUT2D eigenvalue weighted by atomic mass is 16.5. The average Bonchev–Trinajstić information content (AvgIpc) is 2.65. The van der Waals surface area contributed by atoms with Gasteiger partial charge in [0.05, 0.1) is 18.3 Å². The van der Waals surface area contributed by atoms with E-state index < -0.39 is 5.97 Å². The van der Waals surface area contributed by atoms with Gasteiger partial charge in [0.2, 0.25) is 0 Å². The van der Waals surface area contributed by atoms with Crippen LogP contribution >= 0.6 is 0 Å². The van der Waals surface area contributed by atoms with Gasteiger partial charge in [-0.05, 0) is 55.8 Å². The van der Waals surface area contributed by atoms with Crippen molar-refractivity contribution >= 4 is 23.3 Å². The Bertz CT molecular complexity index is 753. The van der Waals surface area contributed by atoms with E-state index in [1.807, 2.05) is 57.1 Å². The van der Waals surface area contributed by atoms with Gasteiger partial charge in [0.25, 0.3) is 5.91 Å². The fourth-order valence-electron chi connectivity index (χ4n) is 2.25. The number of carbonyl (C=O) groups is 2. The molecule has 0 unspecified atom stereocenters. The maximum absolute atomic E-state index is 12.1. The molecule has 0 saturated heterocycles. The monoisotopic (exact) mass is 370 g/mol. The van der Waals surface area contributed by atoms with Crippen molar-refractivity contribution < 1.29 is 19.1 Å². The van der Waals surface area contributed by atoms with Crippen LogP contribution in [0.5, 0.6) is 0 Å². The molecule has 2 aromatic carbocycles. The molecule has 0 bridgehead atoms. The molecule has 27 heavy (non-hydrogen) atoms. The second-order valence-electron chi connectivity index (χ2n) is 6.62. The predicted octanol–water partition coefficient (Wildman–Crippen LogP) is 3.47. The highest BCUT2D eigenvalue weighted by Crippen LogP contribution is 2.15. The lowest BCUT2D eigenvalue weighted by Gasteiger charge is -2.13. The fraction of sp³-hybridized carbons (Fsp3) is 0.333. The van der Waals surface area contributed by atoms with Crippen molar-refractivity contribution in [3.63, 3.8) is 0 Å². The quantitative estimate of drug-likeness (QED) is 0.721. The fourth-order valence-corrected chi connectivity index (χ4v) is 2.25. The molecule has 0 fully saturated rings. The van der Waals surface area contributed by atoms with Crippen LogP contribution in [0.25, 0.3) is 0 Å². The standard InChI is InChI=1S/C21H26N2O4/c1-15(2)26-13-16-5-7-17(8-6-16)21(25)27-14-20(24)22-18-9-11-19(12-10-18)23(3)4/h5-12,15H,13-14H2,1-4H3,(H,22,24). The van der Waals surface area contributed by atoms with Crippen LogP contribution in [-0.2, 0) is 20.9 Å². The van der Waals surface area contributed by atoms with E-state index in [9.17, 15) is 9.59 Å². The number of carbonyl (C=O) groups excluding carboxylic acids is 2. The molecule has 144 valence electrons. The molecule has 1 amide bonds. The summed E-state index contributed by atoms with van der Waals surface area (Å²) in [6.45, 7) is 4.08. The van der Waals surface area contributed by atoms with Gasteiger partial charge < -0.3 is 19.7 Å². The van der Waals surface area contributed by atoms with E-state index in [0.29, 0.717) is 17.9 Å². The summed E-state index contributed by atoms with van der Waals surface area (Å²) in [5, 5.41) is 2.70. The number of ether oxygens (including phenoxy) is 2. The van der Waals surface area contributed by atoms with Crippen molar-refractivity contribution in [3.8, 4) is 0 Å². The zero-order valence-corrected chi connectivity index (χ0v) is 16.2. The van der Waals surface area contributed by atoms with Crippen LogP contribution in [0, 0.1) is 0 Å². The second kappa shape index (κ2) is 9.73. The van der Waals surface area contributed by atoms with Gasteiger partial charge in [-0.2, -0.15) is 0 Å². The van der Waals surface area contributed by atoms with Crippen LogP contribution < -0.4 is 10.2 Å². The second-order valence-corrected chi connectivity index (χ2v) is 6.62. The summed E-state index contributed by atoms with van der Waals surface area (Å²) in [4.78, 5) is 26.0. The van der Waals surface area contributed by atoms with Gasteiger partial charge in [-0.1, -0.05) is 12.1 Å². The van der Waals surface area contributed by atoms with Crippen molar-refractivity contribution in [1.82, 2.24) is 0 Å². The minimum Gasteiger partial charge on any atom is -0.452 e. The van der Waals surface area contributed by atoms with Crippen LogP contribution in [0.1, 0.15) is 29.8 Å². The number of amides is 1. The molecule has 1 N–H and O–H groups in total. The zero-order valence-electron chi connectivity index (χ0n) is 16.2. The number of hydrogen-bond donors (Lipinski definition) is 1. The Morgan fingerprint density at radius 3 is 2.19 bits per heavy atom. The number of benzene rings is 2. The summed E-state index contributed by atoms with van der Waals surface area (Å²) < 4.78 is 10.6. The Balaban J connectivity index is 1.81. The van der Waals surface area contributed by atoms with Gasteiger partial charge in [0.1, 0.15) is 0 Å². The van der Waals surface area contributed by atoms with E-state index in [1.54, 1.807) is 24.3 Å². The summed E-state index contributed by atoms with van der Waals surface area (Å²) in [7, 11) is 3.88. The number of nitrogens with one attached hydrogen (secondary N) is 1. The first kappa shape index (κ1) is 20.5. The molecule has 2 aromatic rings. The molecule has 0 heterocycles. The third-order valence-electron chi connectivity index (χ3n) is 3.77. The van der Waals surface area contributed by atoms with Crippen molar-refractivity contribution in [2.75, 3.05) is 30.9 Å². The van der Waals surface area contributed by atoms with Crippen LogP contribution in [-0.4, -0.2) is 38.7 Å². The smallest absolute Gasteiger partial charge is 0.338 e. The van der Waals surface area contributed by atoms with Crippen LogP contribution in [0.2, 0.25) is 0 Å². The third kappa shape index (κ3) is 6.75. The molecule has 0 saturated carbocycles. The first-order chi connectivity index (χ1) is 12.8. The van der Waals surface area contributed by atoms with Gasteiger partial charge in [-0.15, -0.1) is 0 Å². The number of nitrogens with zero attached hydrogens (tertiary/aromatic N) is 1. The number of hydrogen-bond acceptors (Lipinski definition) is 5. The summed E-state index contributed by atoms with van der Waals surface area (Å²) >= 11 is 0. The SMILES string of the molecule is CC(C)OCc1ccc(C(=O)OCC(=O)Nc2ccc(N(C)C)cc2)cc1. The minimum absolute atomic E-state index is 0.146. The molecule has 2 rings (SSSR count). The third-order valence-corrected chi connectivity index (χ3v) is 3.77. The van der Waals surface area contributed by atoms with Gasteiger partial charge >= 0.3 is 5.97 Å². The highest BCUT2D eigenvalue weighted by molar-refractivity contribution is 5.95. The van der Waals surface area contributed by atoms with Gasteiger partial charge in [0, 0.05) is 25.5 Å².